The molecule has 14 nitrogen and oxygen atoms in total. The van der Waals surface area contributed by atoms with Crippen LogP contribution in [0.15, 0.2) is 96.6 Å². The molecule has 0 unspecified atom stereocenters. The number of rotatable bonds is 13. The van der Waals surface area contributed by atoms with Gasteiger partial charge in [0.1, 0.15) is 29.5 Å². The average Bonchev–Trinajstić information content (AvgIpc) is 3.75. The largest absolute Gasteiger partial charge is 0.497 e. The molecule has 0 aliphatic carbocycles. The number of nitrogens with zero attached hydrogens (tertiary/aromatic N) is 7. The third kappa shape index (κ3) is 6.47. The van der Waals surface area contributed by atoms with Crippen molar-refractivity contribution >= 4 is 23.0 Å². The van der Waals surface area contributed by atoms with Crippen LogP contribution < -0.4 is 14.8 Å². The van der Waals surface area contributed by atoms with E-state index in [-0.39, 0.29) is 17.6 Å². The Morgan fingerprint density at radius 1 is 0.941 bits per heavy atom. The maximum atomic E-state index is 14.9. The molecule has 5 aromatic rings. The van der Waals surface area contributed by atoms with Crippen LogP contribution in [0.2, 0.25) is 0 Å². The molecule has 0 radical (unpaired) electrons. The summed E-state index contributed by atoms with van der Waals surface area (Å²) in [4.78, 5) is 28.4. The third-order valence-electron chi connectivity index (χ3n) is 8.80. The van der Waals surface area contributed by atoms with Crippen LogP contribution in [-0.4, -0.2) is 71.2 Å². The number of nitrogens with one attached hydrogen (secondary N) is 1. The Bertz CT molecular complexity index is 1980. The first-order valence-electron chi connectivity index (χ1n) is 15.8. The summed E-state index contributed by atoms with van der Waals surface area (Å²) in [5, 5.41) is 7.36. The Hall–Kier alpha value is -5.83. The SMILES string of the molecule is CC[C@H]1O[C@@H](n2cnc3c(NC(c4ccccc4)(c4ccc(OC)cc4)c4ccc(OC)cc4)ncnc32)[C@H](OC(F)(F)C(=O)OC)[C@@H]1N=[N+]=[N-]. The van der Waals surface area contributed by atoms with Gasteiger partial charge in [-0.3, -0.25) is 4.57 Å². The van der Waals surface area contributed by atoms with Crippen LogP contribution in [0.5, 0.6) is 11.5 Å². The zero-order valence-corrected chi connectivity index (χ0v) is 28.0. The highest BCUT2D eigenvalue weighted by molar-refractivity contribution is 5.84. The van der Waals surface area contributed by atoms with Gasteiger partial charge in [-0.2, -0.15) is 8.78 Å². The molecule has 4 atom stereocenters. The average molecular weight is 701 g/mol. The number of imidazole rings is 1. The quantitative estimate of drug-likeness (QED) is 0.0478. The second kappa shape index (κ2) is 14.6. The van der Waals surface area contributed by atoms with Gasteiger partial charge in [-0.25, -0.2) is 19.7 Å². The van der Waals surface area contributed by atoms with Gasteiger partial charge in [-0.1, -0.05) is 66.6 Å². The van der Waals surface area contributed by atoms with Crippen molar-refractivity contribution in [3.8, 4) is 11.5 Å². The molecule has 16 heteroatoms. The molecule has 1 N–H and O–H groups in total. The van der Waals surface area contributed by atoms with E-state index in [1.807, 2.05) is 78.9 Å². The zero-order chi connectivity index (χ0) is 36.2. The van der Waals surface area contributed by atoms with Gasteiger partial charge in [0, 0.05) is 4.91 Å². The number of halogens is 2. The number of methoxy groups -OCH3 is 3. The Morgan fingerprint density at radius 2 is 1.55 bits per heavy atom. The van der Waals surface area contributed by atoms with E-state index in [4.69, 9.17) is 18.9 Å². The molecule has 1 aliphatic rings. The number of carbonyl (C=O) groups is 1. The number of esters is 1. The summed E-state index contributed by atoms with van der Waals surface area (Å²) in [6.07, 6.45) is -5.26. The van der Waals surface area contributed by atoms with E-state index in [1.54, 1.807) is 21.1 Å². The highest BCUT2D eigenvalue weighted by Gasteiger charge is 2.54. The first-order valence-corrected chi connectivity index (χ1v) is 15.8. The fourth-order valence-electron chi connectivity index (χ4n) is 6.34. The lowest BCUT2D eigenvalue weighted by atomic mass is 9.77. The third-order valence-corrected chi connectivity index (χ3v) is 8.80. The Morgan fingerprint density at radius 3 is 2.10 bits per heavy atom. The summed E-state index contributed by atoms with van der Waals surface area (Å²) in [5.41, 5.74) is 11.2. The van der Waals surface area contributed by atoms with Gasteiger partial charge >= 0.3 is 12.1 Å². The van der Waals surface area contributed by atoms with Crippen molar-refractivity contribution in [2.75, 3.05) is 26.6 Å². The Labute approximate surface area is 290 Å². The van der Waals surface area contributed by atoms with Crippen molar-refractivity contribution in [2.45, 2.75) is 49.5 Å². The highest BCUT2D eigenvalue weighted by atomic mass is 19.3. The number of hydrogen-bond acceptors (Lipinski definition) is 11. The van der Waals surface area contributed by atoms with Crippen molar-refractivity contribution in [3.63, 3.8) is 0 Å². The second-order valence-electron chi connectivity index (χ2n) is 11.5. The number of hydrogen-bond donors (Lipinski definition) is 1. The molecule has 0 bridgehead atoms. The standard InChI is InChI=1S/C35H34F2N8O6/c1-5-26-27(43-44-38)29(51-35(36,37)33(46)49-4)32(50-26)45-20-41-28-30(39-19-40-31(28)45)42-34(21-9-7-6-8-10-21,22-11-15-24(47-2)16-12-22)23-13-17-25(48-3)18-14-23/h6-20,26-27,29,32H,5H2,1-4H3,(H,39,40,42)/t26-,27-,29-,32-/m1/s1. The maximum absolute atomic E-state index is 14.9. The lowest BCUT2D eigenvalue weighted by molar-refractivity contribution is -0.274. The molecule has 1 fully saturated rings. The molecule has 0 spiro atoms. The van der Waals surface area contributed by atoms with Gasteiger partial charge in [0.25, 0.3) is 0 Å². The van der Waals surface area contributed by atoms with Crippen LogP contribution in [0.4, 0.5) is 14.6 Å². The first-order chi connectivity index (χ1) is 24.7. The van der Waals surface area contributed by atoms with Gasteiger partial charge in [0.15, 0.2) is 23.2 Å². The normalized spacial score (nSPS) is 18.9. The minimum Gasteiger partial charge on any atom is -0.497 e. The summed E-state index contributed by atoms with van der Waals surface area (Å²) >= 11 is 0. The minimum absolute atomic E-state index is 0.190. The Balaban J connectivity index is 1.51. The zero-order valence-electron chi connectivity index (χ0n) is 28.0. The number of benzene rings is 3. The molecular formula is C35H34F2N8O6. The monoisotopic (exact) mass is 700 g/mol. The summed E-state index contributed by atoms with van der Waals surface area (Å²) in [5.74, 6) is -0.300. The van der Waals surface area contributed by atoms with E-state index in [9.17, 15) is 19.1 Å². The van der Waals surface area contributed by atoms with Crippen molar-refractivity contribution < 1.29 is 37.3 Å². The second-order valence-corrected chi connectivity index (χ2v) is 11.5. The van der Waals surface area contributed by atoms with Crippen LogP contribution >= 0.6 is 0 Å². The molecule has 3 aromatic carbocycles. The summed E-state index contributed by atoms with van der Waals surface area (Å²) in [6, 6.07) is 23.7. The first kappa shape index (κ1) is 35.0. The number of anilines is 1. The van der Waals surface area contributed by atoms with Crippen molar-refractivity contribution in [2.24, 2.45) is 5.11 Å². The summed E-state index contributed by atoms with van der Waals surface area (Å²) in [7, 11) is 3.99. The van der Waals surface area contributed by atoms with Crippen molar-refractivity contribution in [1.82, 2.24) is 19.5 Å². The molecule has 2 aromatic heterocycles. The molecule has 264 valence electrons. The van der Waals surface area contributed by atoms with Crippen molar-refractivity contribution in [3.05, 3.63) is 119 Å². The Kier molecular flexibility index (Phi) is 10.0. The number of fused-ring (bicyclic) bond motifs is 1. The van der Waals surface area contributed by atoms with E-state index in [2.05, 4.69) is 35.0 Å². The summed E-state index contributed by atoms with van der Waals surface area (Å²) in [6.45, 7) is 1.74. The lowest BCUT2D eigenvalue weighted by Crippen LogP contribution is -2.43. The van der Waals surface area contributed by atoms with Gasteiger partial charge in [-0.15, -0.1) is 0 Å². The number of azide groups is 1. The molecule has 6 rings (SSSR count). The van der Waals surface area contributed by atoms with Gasteiger partial charge in [0.05, 0.1) is 39.8 Å². The molecule has 0 amide bonds. The predicted octanol–water partition coefficient (Wildman–Crippen LogP) is 6.38. The fraction of sp³-hybridized carbons (Fsp3) is 0.314. The van der Waals surface area contributed by atoms with E-state index in [0.717, 1.165) is 23.8 Å². The molecule has 51 heavy (non-hydrogen) atoms. The van der Waals surface area contributed by atoms with Crippen LogP contribution in [0.3, 0.4) is 0 Å². The molecular weight excluding hydrogens is 666 g/mol. The lowest BCUT2D eigenvalue weighted by Gasteiger charge is -2.37. The number of ether oxygens (including phenoxy) is 5. The van der Waals surface area contributed by atoms with E-state index in [0.29, 0.717) is 17.3 Å². The van der Waals surface area contributed by atoms with Crippen LogP contribution in [0, 0.1) is 0 Å². The fourth-order valence-corrected chi connectivity index (χ4v) is 6.34. The molecule has 1 saturated heterocycles. The summed E-state index contributed by atoms with van der Waals surface area (Å²) < 4.78 is 57.5. The topological polar surface area (TPSA) is 168 Å². The van der Waals surface area contributed by atoms with Gasteiger partial charge < -0.3 is 29.0 Å². The van der Waals surface area contributed by atoms with Crippen LogP contribution in [0.1, 0.15) is 36.3 Å². The highest BCUT2D eigenvalue weighted by Crippen LogP contribution is 2.43. The van der Waals surface area contributed by atoms with Gasteiger partial charge in [0.2, 0.25) is 0 Å². The smallest absolute Gasteiger partial charge is 0.456 e. The molecule has 1 aliphatic heterocycles. The number of aromatic nitrogens is 4. The van der Waals surface area contributed by atoms with Crippen molar-refractivity contribution in [1.29, 1.82) is 0 Å². The van der Waals surface area contributed by atoms with Gasteiger partial charge in [-0.05, 0) is 52.9 Å². The van der Waals surface area contributed by atoms with Crippen LogP contribution in [-0.2, 0) is 24.5 Å². The minimum atomic E-state index is -4.38. The van der Waals surface area contributed by atoms with E-state index < -0.39 is 42.1 Å². The maximum Gasteiger partial charge on any atom is 0.456 e. The van der Waals surface area contributed by atoms with E-state index in [1.165, 1.54) is 17.2 Å². The number of carbonyl (C=O) groups excluding carboxylic acids is 1. The predicted molar refractivity (Wildman–Crippen MR) is 180 cm³/mol. The molecule has 3 heterocycles. The van der Waals surface area contributed by atoms with Crippen LogP contribution in [0.25, 0.3) is 21.6 Å². The molecule has 0 saturated carbocycles. The number of alkyl halides is 2. The van der Waals surface area contributed by atoms with E-state index >= 15 is 0 Å².